The summed E-state index contributed by atoms with van der Waals surface area (Å²) in [7, 11) is 0. The summed E-state index contributed by atoms with van der Waals surface area (Å²) in [6.07, 6.45) is 6.99. The zero-order valence-corrected chi connectivity index (χ0v) is 6.79. The fraction of sp³-hybridized carbons (Fsp3) is 0.444. The summed E-state index contributed by atoms with van der Waals surface area (Å²) in [6, 6.07) is 0. The molecule has 0 fully saturated rings. The van der Waals surface area contributed by atoms with Crippen LogP contribution in [0.4, 0.5) is 0 Å². The molecule has 0 aliphatic carbocycles. The third kappa shape index (κ3) is 5.40. The Bertz CT molecular complexity index is 159. The number of aliphatic carboxylic acids is 1. The van der Waals surface area contributed by atoms with Gasteiger partial charge in [0.1, 0.15) is 0 Å². The summed E-state index contributed by atoms with van der Waals surface area (Å²) in [6.45, 7) is 5.24. The summed E-state index contributed by atoms with van der Waals surface area (Å²) in [5, 5.41) is 8.48. The highest BCUT2D eigenvalue weighted by atomic mass is 16.4. The van der Waals surface area contributed by atoms with Crippen LogP contribution in [-0.4, -0.2) is 11.1 Å². The van der Waals surface area contributed by atoms with Crippen molar-refractivity contribution >= 4 is 5.97 Å². The molecule has 1 atom stereocenters. The molecule has 1 N–H and O–H groups in total. The lowest BCUT2D eigenvalue weighted by atomic mass is 10.1. The fourth-order valence-electron chi connectivity index (χ4n) is 0.594. The molecule has 0 radical (unpaired) electrons. The number of allylic oxidation sites excluding steroid dienone is 3. The van der Waals surface area contributed by atoms with Gasteiger partial charge in [0.15, 0.2) is 0 Å². The molecule has 0 aromatic carbocycles. The van der Waals surface area contributed by atoms with E-state index in [-0.39, 0.29) is 5.92 Å². The third-order valence-corrected chi connectivity index (χ3v) is 1.38. The van der Waals surface area contributed by atoms with Gasteiger partial charge in [-0.15, -0.1) is 6.58 Å². The molecule has 2 heteroatoms. The van der Waals surface area contributed by atoms with E-state index in [1.54, 1.807) is 13.0 Å². The third-order valence-electron chi connectivity index (χ3n) is 1.38. The van der Waals surface area contributed by atoms with Crippen molar-refractivity contribution in [3.63, 3.8) is 0 Å². The largest absolute Gasteiger partial charge is 0.481 e. The van der Waals surface area contributed by atoms with Crippen LogP contribution < -0.4 is 0 Å². The van der Waals surface area contributed by atoms with Crippen molar-refractivity contribution in [1.82, 2.24) is 0 Å². The Morgan fingerprint density at radius 1 is 1.64 bits per heavy atom. The van der Waals surface area contributed by atoms with Gasteiger partial charge in [0.05, 0.1) is 5.92 Å². The molecule has 0 saturated carbocycles. The Morgan fingerprint density at radius 2 is 2.27 bits per heavy atom. The number of rotatable bonds is 5. The first-order valence-electron chi connectivity index (χ1n) is 3.67. The maximum absolute atomic E-state index is 10.3. The van der Waals surface area contributed by atoms with Crippen LogP contribution in [-0.2, 0) is 4.79 Å². The average Bonchev–Trinajstić information content (AvgIpc) is 1.97. The molecular weight excluding hydrogens is 140 g/mol. The molecule has 0 heterocycles. The fourth-order valence-corrected chi connectivity index (χ4v) is 0.594. The SMILES string of the molecule is C=CC/C=C/CC(C)C(=O)O. The molecule has 1 unspecified atom stereocenters. The van der Waals surface area contributed by atoms with Crippen LogP contribution in [0.2, 0.25) is 0 Å². The van der Waals surface area contributed by atoms with E-state index in [9.17, 15) is 4.79 Å². The molecular formula is C9H14O2. The topological polar surface area (TPSA) is 37.3 Å². The molecule has 0 aliphatic heterocycles. The zero-order valence-electron chi connectivity index (χ0n) is 6.79. The normalized spacial score (nSPS) is 13.2. The second-order valence-corrected chi connectivity index (χ2v) is 2.47. The van der Waals surface area contributed by atoms with Crippen molar-refractivity contribution in [2.24, 2.45) is 5.92 Å². The first-order valence-corrected chi connectivity index (χ1v) is 3.67. The number of carbonyl (C=O) groups is 1. The van der Waals surface area contributed by atoms with Gasteiger partial charge in [0, 0.05) is 0 Å². The molecule has 0 rings (SSSR count). The zero-order chi connectivity index (χ0) is 8.69. The van der Waals surface area contributed by atoms with Crippen LogP contribution >= 0.6 is 0 Å². The van der Waals surface area contributed by atoms with E-state index < -0.39 is 5.97 Å². The Hall–Kier alpha value is -1.05. The van der Waals surface area contributed by atoms with Crippen LogP contribution in [0.5, 0.6) is 0 Å². The van der Waals surface area contributed by atoms with Crippen molar-refractivity contribution in [2.45, 2.75) is 19.8 Å². The van der Waals surface area contributed by atoms with Gasteiger partial charge < -0.3 is 5.11 Å². The number of hydrogen-bond acceptors (Lipinski definition) is 1. The van der Waals surface area contributed by atoms with Gasteiger partial charge in [0.25, 0.3) is 0 Å². The van der Waals surface area contributed by atoms with Gasteiger partial charge in [-0.3, -0.25) is 4.79 Å². The molecule has 11 heavy (non-hydrogen) atoms. The molecule has 0 aliphatic rings. The Balaban J connectivity index is 3.52. The number of carboxylic acids is 1. The van der Waals surface area contributed by atoms with Gasteiger partial charge in [-0.05, 0) is 12.8 Å². The standard InChI is InChI=1S/C9H14O2/c1-3-4-5-6-7-8(2)9(10)11/h3,5-6,8H,1,4,7H2,2H3,(H,10,11)/b6-5+. The highest BCUT2D eigenvalue weighted by molar-refractivity contribution is 5.69. The lowest BCUT2D eigenvalue weighted by molar-refractivity contribution is -0.140. The van der Waals surface area contributed by atoms with Crippen LogP contribution in [0.15, 0.2) is 24.8 Å². The molecule has 62 valence electrons. The molecule has 0 aromatic heterocycles. The van der Waals surface area contributed by atoms with Crippen LogP contribution in [0.3, 0.4) is 0 Å². The predicted octanol–water partition coefficient (Wildman–Crippen LogP) is 2.23. The van der Waals surface area contributed by atoms with Gasteiger partial charge in [-0.1, -0.05) is 25.2 Å². The monoisotopic (exact) mass is 154 g/mol. The van der Waals surface area contributed by atoms with Gasteiger partial charge in [-0.25, -0.2) is 0 Å². The predicted molar refractivity (Wildman–Crippen MR) is 45.4 cm³/mol. The van der Waals surface area contributed by atoms with E-state index in [2.05, 4.69) is 6.58 Å². The van der Waals surface area contributed by atoms with Crippen molar-refractivity contribution in [1.29, 1.82) is 0 Å². The minimum Gasteiger partial charge on any atom is -0.481 e. The maximum atomic E-state index is 10.3. The Kier molecular flexibility index (Phi) is 5.17. The second-order valence-electron chi connectivity index (χ2n) is 2.47. The lowest BCUT2D eigenvalue weighted by Crippen LogP contribution is -2.07. The summed E-state index contributed by atoms with van der Waals surface area (Å²) in [5.41, 5.74) is 0. The van der Waals surface area contributed by atoms with E-state index in [4.69, 9.17) is 5.11 Å². The van der Waals surface area contributed by atoms with Crippen molar-refractivity contribution in [2.75, 3.05) is 0 Å². The number of carboxylic acid groups (broad SMARTS) is 1. The Morgan fingerprint density at radius 3 is 2.73 bits per heavy atom. The van der Waals surface area contributed by atoms with Gasteiger partial charge in [0.2, 0.25) is 0 Å². The van der Waals surface area contributed by atoms with Crippen LogP contribution in [0.1, 0.15) is 19.8 Å². The van der Waals surface area contributed by atoms with Crippen molar-refractivity contribution in [3.8, 4) is 0 Å². The summed E-state index contributed by atoms with van der Waals surface area (Å²) in [5.74, 6) is -1.02. The smallest absolute Gasteiger partial charge is 0.306 e. The van der Waals surface area contributed by atoms with Crippen LogP contribution in [0.25, 0.3) is 0 Å². The summed E-state index contributed by atoms with van der Waals surface area (Å²) < 4.78 is 0. The van der Waals surface area contributed by atoms with E-state index in [1.165, 1.54) is 0 Å². The first kappa shape index (κ1) is 9.95. The maximum Gasteiger partial charge on any atom is 0.306 e. The van der Waals surface area contributed by atoms with Crippen molar-refractivity contribution < 1.29 is 9.90 Å². The molecule has 0 saturated heterocycles. The Labute approximate surface area is 67.2 Å². The minimum absolute atomic E-state index is 0.281. The quantitative estimate of drug-likeness (QED) is 0.616. The summed E-state index contributed by atoms with van der Waals surface area (Å²) >= 11 is 0. The molecule has 0 bridgehead atoms. The van der Waals surface area contributed by atoms with E-state index in [0.717, 1.165) is 6.42 Å². The summed E-state index contributed by atoms with van der Waals surface area (Å²) in [4.78, 5) is 10.3. The highest BCUT2D eigenvalue weighted by Crippen LogP contribution is 2.02. The van der Waals surface area contributed by atoms with Gasteiger partial charge >= 0.3 is 5.97 Å². The van der Waals surface area contributed by atoms with Crippen LogP contribution in [0, 0.1) is 5.92 Å². The van der Waals surface area contributed by atoms with Crippen molar-refractivity contribution in [3.05, 3.63) is 24.8 Å². The molecule has 0 aromatic rings. The lowest BCUT2D eigenvalue weighted by Gasteiger charge is -1.98. The number of hydrogen-bond donors (Lipinski definition) is 1. The highest BCUT2D eigenvalue weighted by Gasteiger charge is 2.06. The molecule has 0 spiro atoms. The molecule has 0 amide bonds. The molecule has 2 nitrogen and oxygen atoms in total. The second kappa shape index (κ2) is 5.71. The first-order chi connectivity index (χ1) is 5.18. The van der Waals surface area contributed by atoms with E-state index >= 15 is 0 Å². The van der Waals surface area contributed by atoms with E-state index in [1.807, 2.05) is 12.2 Å². The van der Waals surface area contributed by atoms with E-state index in [0.29, 0.717) is 6.42 Å². The average molecular weight is 154 g/mol. The van der Waals surface area contributed by atoms with Gasteiger partial charge in [-0.2, -0.15) is 0 Å². The minimum atomic E-state index is -0.742.